The van der Waals surface area contributed by atoms with Gasteiger partial charge in [-0.25, -0.2) is 0 Å². The summed E-state index contributed by atoms with van der Waals surface area (Å²) in [6.07, 6.45) is 3.68. The van der Waals surface area contributed by atoms with Gasteiger partial charge in [0.25, 0.3) is 0 Å². The first-order valence-electron chi connectivity index (χ1n) is 5.41. The fourth-order valence-electron chi connectivity index (χ4n) is 1.71. The molecule has 0 spiro atoms. The van der Waals surface area contributed by atoms with Gasteiger partial charge in [-0.2, -0.15) is 0 Å². The van der Waals surface area contributed by atoms with Crippen molar-refractivity contribution < 1.29 is 4.92 Å². The van der Waals surface area contributed by atoms with E-state index in [2.05, 4.69) is 4.98 Å². The molecule has 0 aliphatic rings. The Morgan fingerprint density at radius 3 is 2.88 bits per heavy atom. The second-order valence-corrected chi connectivity index (χ2v) is 3.67. The number of fused-ring (bicyclic) bond motifs is 1. The van der Waals surface area contributed by atoms with Crippen LogP contribution in [-0.2, 0) is 0 Å². The highest BCUT2D eigenvalue weighted by atomic mass is 16.6. The summed E-state index contributed by atoms with van der Waals surface area (Å²) >= 11 is 0. The van der Waals surface area contributed by atoms with Gasteiger partial charge in [0.15, 0.2) is 0 Å². The lowest BCUT2D eigenvalue weighted by atomic mass is 10.1. The quantitative estimate of drug-likeness (QED) is 0.598. The van der Waals surface area contributed by atoms with E-state index >= 15 is 0 Å². The Kier molecular flexibility index (Phi) is 3.14. The standard InChI is InChI=1S/C13H12N2O2/c1-2-12(15(16)17)9-11-6-3-5-10-7-4-8-14-13(10)11/h3-9H,2H2,1H3/b12-9+. The lowest BCUT2D eigenvalue weighted by Crippen LogP contribution is -1.97. The predicted molar refractivity (Wildman–Crippen MR) is 67.0 cm³/mol. The Morgan fingerprint density at radius 1 is 1.41 bits per heavy atom. The topological polar surface area (TPSA) is 56.0 Å². The van der Waals surface area contributed by atoms with Crippen molar-refractivity contribution in [2.45, 2.75) is 13.3 Å². The molecule has 1 heterocycles. The molecule has 0 atom stereocenters. The number of allylic oxidation sites excluding steroid dienone is 1. The first-order valence-corrected chi connectivity index (χ1v) is 5.41. The summed E-state index contributed by atoms with van der Waals surface area (Å²) in [5.74, 6) is 0. The maximum absolute atomic E-state index is 10.8. The van der Waals surface area contributed by atoms with Crippen molar-refractivity contribution in [2.75, 3.05) is 0 Å². The fraction of sp³-hybridized carbons (Fsp3) is 0.154. The normalized spacial score (nSPS) is 11.7. The minimum absolute atomic E-state index is 0.197. The molecule has 0 N–H and O–H groups in total. The third-order valence-corrected chi connectivity index (χ3v) is 2.58. The van der Waals surface area contributed by atoms with E-state index in [4.69, 9.17) is 0 Å². The Hall–Kier alpha value is -2.23. The fourth-order valence-corrected chi connectivity index (χ4v) is 1.71. The van der Waals surface area contributed by atoms with Gasteiger partial charge in [0.1, 0.15) is 0 Å². The molecule has 1 aromatic carbocycles. The summed E-state index contributed by atoms with van der Waals surface area (Å²) in [6.45, 7) is 1.77. The zero-order valence-electron chi connectivity index (χ0n) is 9.46. The second kappa shape index (κ2) is 4.74. The van der Waals surface area contributed by atoms with Crippen LogP contribution in [-0.4, -0.2) is 9.91 Å². The highest BCUT2D eigenvalue weighted by Gasteiger charge is 2.08. The molecular weight excluding hydrogens is 216 g/mol. The van der Waals surface area contributed by atoms with Crippen LogP contribution in [0.3, 0.4) is 0 Å². The van der Waals surface area contributed by atoms with E-state index in [-0.39, 0.29) is 10.6 Å². The first-order chi connectivity index (χ1) is 8.22. The summed E-state index contributed by atoms with van der Waals surface area (Å²) in [7, 11) is 0. The lowest BCUT2D eigenvalue weighted by molar-refractivity contribution is -0.425. The molecule has 0 unspecified atom stereocenters. The van der Waals surface area contributed by atoms with E-state index in [9.17, 15) is 10.1 Å². The average molecular weight is 228 g/mol. The van der Waals surface area contributed by atoms with Crippen LogP contribution in [0.4, 0.5) is 0 Å². The number of benzene rings is 1. The van der Waals surface area contributed by atoms with Crippen molar-refractivity contribution in [2.24, 2.45) is 0 Å². The molecule has 17 heavy (non-hydrogen) atoms. The number of hydrogen-bond donors (Lipinski definition) is 0. The molecule has 4 heteroatoms. The molecule has 1 aromatic heterocycles. The van der Waals surface area contributed by atoms with Gasteiger partial charge < -0.3 is 0 Å². The summed E-state index contributed by atoms with van der Waals surface area (Å²) in [5.41, 5.74) is 1.78. The molecular formula is C13H12N2O2. The third-order valence-electron chi connectivity index (χ3n) is 2.58. The van der Waals surface area contributed by atoms with Gasteiger partial charge in [-0.3, -0.25) is 15.1 Å². The molecule has 0 radical (unpaired) electrons. The van der Waals surface area contributed by atoms with Gasteiger partial charge in [-0.15, -0.1) is 0 Å². The zero-order chi connectivity index (χ0) is 12.3. The van der Waals surface area contributed by atoms with Crippen molar-refractivity contribution in [1.29, 1.82) is 0 Å². The van der Waals surface area contributed by atoms with Crippen LogP contribution >= 0.6 is 0 Å². The van der Waals surface area contributed by atoms with Crippen molar-refractivity contribution in [3.63, 3.8) is 0 Å². The number of hydrogen-bond acceptors (Lipinski definition) is 3. The molecule has 2 rings (SSSR count). The summed E-state index contributed by atoms with van der Waals surface area (Å²) in [4.78, 5) is 14.7. The predicted octanol–water partition coefficient (Wildman–Crippen LogP) is 3.26. The molecule has 0 fully saturated rings. The van der Waals surface area contributed by atoms with E-state index in [0.717, 1.165) is 16.5 Å². The number of nitro groups is 1. The number of rotatable bonds is 3. The monoisotopic (exact) mass is 228 g/mol. The zero-order valence-corrected chi connectivity index (χ0v) is 9.46. The van der Waals surface area contributed by atoms with Crippen molar-refractivity contribution in [1.82, 2.24) is 4.98 Å². The van der Waals surface area contributed by atoms with Crippen LogP contribution in [0, 0.1) is 10.1 Å². The molecule has 2 aromatic rings. The molecule has 0 amide bonds. The van der Waals surface area contributed by atoms with Crippen LogP contribution in [0.2, 0.25) is 0 Å². The van der Waals surface area contributed by atoms with E-state index in [1.807, 2.05) is 30.3 Å². The number of aromatic nitrogens is 1. The summed E-state index contributed by atoms with van der Waals surface area (Å²) < 4.78 is 0. The molecule has 0 saturated carbocycles. The maximum atomic E-state index is 10.8. The van der Waals surface area contributed by atoms with Gasteiger partial charge in [-0.1, -0.05) is 31.2 Å². The average Bonchev–Trinajstić information content (AvgIpc) is 2.35. The molecule has 0 bridgehead atoms. The minimum atomic E-state index is -0.345. The first kappa shape index (κ1) is 11.3. The number of pyridine rings is 1. The van der Waals surface area contributed by atoms with E-state index in [1.54, 1.807) is 19.2 Å². The van der Waals surface area contributed by atoms with Gasteiger partial charge >= 0.3 is 0 Å². The minimum Gasteiger partial charge on any atom is -0.259 e. The molecule has 0 saturated heterocycles. The second-order valence-electron chi connectivity index (χ2n) is 3.67. The molecule has 0 aliphatic carbocycles. The van der Waals surface area contributed by atoms with E-state index in [0.29, 0.717) is 6.42 Å². The highest BCUT2D eigenvalue weighted by Crippen LogP contribution is 2.19. The largest absolute Gasteiger partial charge is 0.259 e. The number of para-hydroxylation sites is 1. The van der Waals surface area contributed by atoms with Gasteiger partial charge in [-0.05, 0) is 6.07 Å². The Balaban J connectivity index is 2.59. The third kappa shape index (κ3) is 2.30. The molecule has 86 valence electrons. The van der Waals surface area contributed by atoms with Crippen LogP contribution in [0.5, 0.6) is 0 Å². The Bertz CT molecular complexity index is 585. The van der Waals surface area contributed by atoms with Crippen molar-refractivity contribution in [3.05, 3.63) is 57.9 Å². The molecule has 0 aliphatic heterocycles. The lowest BCUT2D eigenvalue weighted by Gasteiger charge is -2.01. The maximum Gasteiger partial charge on any atom is 0.246 e. The van der Waals surface area contributed by atoms with Gasteiger partial charge in [0.2, 0.25) is 5.70 Å². The Labute approximate surface area is 98.8 Å². The summed E-state index contributed by atoms with van der Waals surface area (Å²) in [6, 6.07) is 9.45. The van der Waals surface area contributed by atoms with Gasteiger partial charge in [0, 0.05) is 29.6 Å². The van der Waals surface area contributed by atoms with Crippen LogP contribution in [0.15, 0.2) is 42.2 Å². The SMILES string of the molecule is CC/C(=C\c1cccc2cccnc12)[N+](=O)[O-]. The van der Waals surface area contributed by atoms with Crippen molar-refractivity contribution >= 4 is 17.0 Å². The Morgan fingerprint density at radius 2 is 2.18 bits per heavy atom. The summed E-state index contributed by atoms with van der Waals surface area (Å²) in [5, 5.41) is 11.8. The molecule has 4 nitrogen and oxygen atoms in total. The van der Waals surface area contributed by atoms with Crippen molar-refractivity contribution in [3.8, 4) is 0 Å². The smallest absolute Gasteiger partial charge is 0.246 e. The van der Waals surface area contributed by atoms with E-state index in [1.165, 1.54) is 0 Å². The van der Waals surface area contributed by atoms with Crippen LogP contribution in [0.25, 0.3) is 17.0 Å². The van der Waals surface area contributed by atoms with Crippen LogP contribution < -0.4 is 0 Å². The number of nitrogens with zero attached hydrogens (tertiary/aromatic N) is 2. The van der Waals surface area contributed by atoms with E-state index < -0.39 is 0 Å². The van der Waals surface area contributed by atoms with Gasteiger partial charge in [0.05, 0.1) is 10.4 Å². The highest BCUT2D eigenvalue weighted by molar-refractivity contribution is 5.87. The van der Waals surface area contributed by atoms with Crippen LogP contribution in [0.1, 0.15) is 18.9 Å².